The van der Waals surface area contributed by atoms with Crippen LogP contribution in [0.1, 0.15) is 31.8 Å². The van der Waals surface area contributed by atoms with E-state index in [4.69, 9.17) is 9.84 Å². The lowest BCUT2D eigenvalue weighted by Crippen LogP contribution is -2.20. The van der Waals surface area contributed by atoms with Crippen LogP contribution in [-0.2, 0) is 4.79 Å². The highest BCUT2D eigenvalue weighted by atomic mass is 16.5. The molecule has 0 bridgehead atoms. The van der Waals surface area contributed by atoms with Crippen molar-refractivity contribution < 1.29 is 24.2 Å². The molecule has 3 rings (SSSR count). The third-order valence-corrected chi connectivity index (χ3v) is 4.53. The SMILES string of the molecule is CNC(=O)c1ccc(NC(=O)COc2ccc(C)c(C)c2)cc1.O=C(O)c1ccccc1. The molecular formula is C25H26N2O5. The Bertz CT molecular complexity index is 1060. The molecule has 32 heavy (non-hydrogen) atoms. The predicted octanol–water partition coefficient (Wildman–Crippen LogP) is 4.07. The van der Waals surface area contributed by atoms with E-state index in [0.29, 0.717) is 22.6 Å². The third-order valence-electron chi connectivity index (χ3n) is 4.53. The van der Waals surface area contributed by atoms with Gasteiger partial charge in [-0.1, -0.05) is 24.3 Å². The molecule has 0 aliphatic carbocycles. The Labute approximate surface area is 187 Å². The molecule has 0 heterocycles. The van der Waals surface area contributed by atoms with Gasteiger partial charge in [0.25, 0.3) is 11.8 Å². The highest BCUT2D eigenvalue weighted by molar-refractivity contribution is 5.95. The summed E-state index contributed by atoms with van der Waals surface area (Å²) in [4.78, 5) is 33.5. The van der Waals surface area contributed by atoms with Crippen LogP contribution in [0.4, 0.5) is 5.69 Å². The van der Waals surface area contributed by atoms with Gasteiger partial charge in [0.15, 0.2) is 6.61 Å². The summed E-state index contributed by atoms with van der Waals surface area (Å²) in [6, 6.07) is 20.7. The lowest BCUT2D eigenvalue weighted by Gasteiger charge is -2.09. The van der Waals surface area contributed by atoms with Gasteiger partial charge < -0.3 is 20.5 Å². The minimum atomic E-state index is -0.879. The molecule has 0 spiro atoms. The molecule has 0 unspecified atom stereocenters. The molecule has 0 saturated heterocycles. The van der Waals surface area contributed by atoms with E-state index in [1.54, 1.807) is 61.6 Å². The van der Waals surface area contributed by atoms with Crippen LogP contribution in [0, 0.1) is 13.8 Å². The lowest BCUT2D eigenvalue weighted by molar-refractivity contribution is -0.118. The Morgan fingerprint density at radius 1 is 0.844 bits per heavy atom. The van der Waals surface area contributed by atoms with Gasteiger partial charge in [0.1, 0.15) is 5.75 Å². The number of carbonyl (C=O) groups is 3. The van der Waals surface area contributed by atoms with Gasteiger partial charge in [-0.2, -0.15) is 0 Å². The first-order valence-corrected chi connectivity index (χ1v) is 9.90. The summed E-state index contributed by atoms with van der Waals surface area (Å²) in [6.45, 7) is 3.95. The third kappa shape index (κ3) is 7.60. The topological polar surface area (TPSA) is 105 Å². The first kappa shape index (κ1) is 24.1. The Hall–Kier alpha value is -4.13. The molecule has 0 saturated carbocycles. The van der Waals surface area contributed by atoms with Crippen molar-refractivity contribution in [3.63, 3.8) is 0 Å². The number of rotatable bonds is 6. The number of hydrogen-bond donors (Lipinski definition) is 3. The first-order valence-electron chi connectivity index (χ1n) is 9.90. The molecule has 166 valence electrons. The highest BCUT2D eigenvalue weighted by Crippen LogP contribution is 2.16. The fraction of sp³-hybridized carbons (Fsp3) is 0.160. The fourth-order valence-corrected chi connectivity index (χ4v) is 2.58. The van der Waals surface area contributed by atoms with Crippen LogP contribution in [0.15, 0.2) is 72.8 Å². The number of anilines is 1. The smallest absolute Gasteiger partial charge is 0.335 e. The van der Waals surface area contributed by atoms with Gasteiger partial charge in [-0.25, -0.2) is 4.79 Å². The second-order valence-corrected chi connectivity index (χ2v) is 6.91. The van der Waals surface area contributed by atoms with Crippen LogP contribution in [-0.4, -0.2) is 36.5 Å². The molecule has 0 aliphatic heterocycles. The second-order valence-electron chi connectivity index (χ2n) is 6.91. The van der Waals surface area contributed by atoms with Crippen molar-refractivity contribution in [1.82, 2.24) is 5.32 Å². The quantitative estimate of drug-likeness (QED) is 0.543. The molecule has 3 aromatic carbocycles. The van der Waals surface area contributed by atoms with E-state index in [2.05, 4.69) is 10.6 Å². The van der Waals surface area contributed by atoms with Crippen LogP contribution in [0.2, 0.25) is 0 Å². The Kier molecular flexibility index (Phi) is 8.98. The van der Waals surface area contributed by atoms with Crippen molar-refractivity contribution in [3.8, 4) is 5.75 Å². The number of nitrogens with one attached hydrogen (secondary N) is 2. The average Bonchev–Trinajstić information content (AvgIpc) is 2.81. The van der Waals surface area contributed by atoms with Crippen LogP contribution in [0.3, 0.4) is 0 Å². The van der Waals surface area contributed by atoms with Gasteiger partial charge in [0.2, 0.25) is 0 Å². The molecule has 3 aromatic rings. The van der Waals surface area contributed by atoms with Crippen molar-refractivity contribution in [2.24, 2.45) is 0 Å². The van der Waals surface area contributed by atoms with Gasteiger partial charge in [0, 0.05) is 18.3 Å². The molecule has 0 radical (unpaired) electrons. The van der Waals surface area contributed by atoms with Crippen LogP contribution in [0.5, 0.6) is 5.75 Å². The van der Waals surface area contributed by atoms with Gasteiger partial charge in [-0.3, -0.25) is 9.59 Å². The molecule has 0 aliphatic rings. The van der Waals surface area contributed by atoms with E-state index in [1.165, 1.54) is 5.56 Å². The number of ether oxygens (including phenoxy) is 1. The van der Waals surface area contributed by atoms with E-state index < -0.39 is 5.97 Å². The Morgan fingerprint density at radius 3 is 2.03 bits per heavy atom. The van der Waals surface area contributed by atoms with Gasteiger partial charge in [-0.05, 0) is 73.5 Å². The summed E-state index contributed by atoms with van der Waals surface area (Å²) in [5, 5.41) is 13.7. The van der Waals surface area contributed by atoms with Crippen molar-refractivity contribution in [2.45, 2.75) is 13.8 Å². The zero-order valence-electron chi connectivity index (χ0n) is 18.2. The number of benzene rings is 3. The van der Waals surface area contributed by atoms with Gasteiger partial charge >= 0.3 is 5.97 Å². The summed E-state index contributed by atoms with van der Waals surface area (Å²) in [6.07, 6.45) is 0. The second kappa shape index (κ2) is 11.9. The fourth-order valence-electron chi connectivity index (χ4n) is 2.58. The summed E-state index contributed by atoms with van der Waals surface area (Å²) >= 11 is 0. The molecule has 7 nitrogen and oxygen atoms in total. The van der Waals surface area contributed by atoms with Gasteiger partial charge in [0.05, 0.1) is 5.56 Å². The minimum absolute atomic E-state index is 0.0697. The Balaban J connectivity index is 0.000000336. The number of carboxylic acid groups (broad SMARTS) is 1. The number of hydrogen-bond acceptors (Lipinski definition) is 4. The zero-order valence-corrected chi connectivity index (χ0v) is 18.2. The molecular weight excluding hydrogens is 408 g/mol. The van der Waals surface area contributed by atoms with E-state index in [1.807, 2.05) is 32.0 Å². The summed E-state index contributed by atoms with van der Waals surface area (Å²) in [5.74, 6) is -0.634. The van der Waals surface area contributed by atoms with E-state index in [-0.39, 0.29) is 18.4 Å². The summed E-state index contributed by atoms with van der Waals surface area (Å²) in [5.41, 5.74) is 3.78. The van der Waals surface area contributed by atoms with Crippen molar-refractivity contribution in [3.05, 3.63) is 95.1 Å². The molecule has 2 amide bonds. The number of amides is 2. The van der Waals surface area contributed by atoms with E-state index in [0.717, 1.165) is 5.56 Å². The predicted molar refractivity (Wildman–Crippen MR) is 123 cm³/mol. The standard InChI is InChI=1S/C18H20N2O3.C7H6O2/c1-12-4-9-16(10-13(12)2)23-11-17(21)20-15-7-5-14(6-8-15)18(22)19-3;8-7(9)6-4-2-1-3-5-6/h4-10H,11H2,1-3H3,(H,19,22)(H,20,21);1-5H,(H,8,9). The lowest BCUT2D eigenvalue weighted by atomic mass is 10.1. The van der Waals surface area contributed by atoms with E-state index in [9.17, 15) is 14.4 Å². The molecule has 0 fully saturated rings. The minimum Gasteiger partial charge on any atom is -0.484 e. The van der Waals surface area contributed by atoms with Crippen molar-refractivity contribution in [1.29, 1.82) is 0 Å². The Morgan fingerprint density at radius 2 is 1.50 bits per heavy atom. The summed E-state index contributed by atoms with van der Waals surface area (Å²) in [7, 11) is 1.57. The zero-order chi connectivity index (χ0) is 23.5. The van der Waals surface area contributed by atoms with Crippen LogP contribution >= 0.6 is 0 Å². The maximum atomic E-state index is 11.9. The monoisotopic (exact) mass is 434 g/mol. The maximum Gasteiger partial charge on any atom is 0.335 e. The number of carboxylic acids is 1. The maximum absolute atomic E-state index is 11.9. The van der Waals surface area contributed by atoms with Gasteiger partial charge in [-0.15, -0.1) is 0 Å². The molecule has 3 N–H and O–H groups in total. The highest BCUT2D eigenvalue weighted by Gasteiger charge is 2.06. The van der Waals surface area contributed by atoms with Crippen LogP contribution < -0.4 is 15.4 Å². The van der Waals surface area contributed by atoms with Crippen molar-refractivity contribution >= 4 is 23.5 Å². The van der Waals surface area contributed by atoms with Crippen LogP contribution in [0.25, 0.3) is 0 Å². The average molecular weight is 434 g/mol. The normalized spacial score (nSPS) is 9.72. The summed E-state index contributed by atoms with van der Waals surface area (Å²) < 4.78 is 5.48. The number of aryl methyl sites for hydroxylation is 2. The van der Waals surface area contributed by atoms with E-state index >= 15 is 0 Å². The molecule has 7 heteroatoms. The van der Waals surface area contributed by atoms with Crippen molar-refractivity contribution in [2.75, 3.05) is 19.0 Å². The number of carbonyl (C=O) groups excluding carboxylic acids is 2. The largest absolute Gasteiger partial charge is 0.484 e. The molecule has 0 aromatic heterocycles. The number of aromatic carboxylic acids is 1. The molecule has 0 atom stereocenters. The first-order chi connectivity index (χ1) is 15.3.